The van der Waals surface area contributed by atoms with Gasteiger partial charge in [0.25, 0.3) is 0 Å². The third-order valence-electron chi connectivity index (χ3n) is 8.50. The van der Waals surface area contributed by atoms with Crippen molar-refractivity contribution in [2.24, 2.45) is 23.7 Å². The summed E-state index contributed by atoms with van der Waals surface area (Å²) in [6.45, 7) is 21.6. The fourth-order valence-electron chi connectivity index (χ4n) is 6.68. The van der Waals surface area contributed by atoms with Crippen LogP contribution in [0.2, 0.25) is 18.6 Å². The number of halogens is 2. The standard InChI is InChI=1S/C28H43N2Si.CH3.2ClH.Ti/c1-20(2)25-19-26-23(21-11-13-22(14-12-21)28(3,4)5)9-8-10-24(26)27(25)31(6,7)30-17-15-29-16-18-30;;;;/h8-14,20,24-27H,15-19H2,1-7H3;1H3;2*1H;/q2*-1;;;+2/p-2. The molecule has 1 aromatic rings. The normalized spacial score (nSPS) is 26.9. The molecule has 1 aromatic carbocycles. The summed E-state index contributed by atoms with van der Waals surface area (Å²) in [4.78, 5) is 0. The van der Waals surface area contributed by atoms with Crippen molar-refractivity contribution in [1.82, 2.24) is 4.57 Å². The first-order chi connectivity index (χ1) is 16.0. The Hall–Kier alpha value is 0.131. The van der Waals surface area contributed by atoms with Gasteiger partial charge in [0.1, 0.15) is 8.24 Å². The fourth-order valence-corrected chi connectivity index (χ4v) is 11.3. The van der Waals surface area contributed by atoms with E-state index in [2.05, 4.69) is 100 Å². The van der Waals surface area contributed by atoms with Crippen LogP contribution in [0.5, 0.6) is 0 Å². The second kappa shape index (κ2) is 13.3. The van der Waals surface area contributed by atoms with Crippen molar-refractivity contribution in [3.8, 4) is 0 Å². The third-order valence-corrected chi connectivity index (χ3v) is 13.0. The molecule has 0 N–H and O–H groups in total. The minimum absolute atomic E-state index is 0. The van der Waals surface area contributed by atoms with Gasteiger partial charge in [-0.3, -0.25) is 0 Å². The number of rotatable bonds is 4. The molecule has 0 amide bonds. The second-order valence-corrected chi connectivity index (χ2v) is 19.3. The summed E-state index contributed by atoms with van der Waals surface area (Å²) < 4.78 is 2.88. The third kappa shape index (κ3) is 7.16. The SMILES string of the molecule is CC(C)C1CC2C(c3ccc(C(C)(C)C)cc3)=CC=CC2C1[Si](C)(C)N1CC[N-]CC1.[CH3-].[Cl][Ti][Cl]. The Morgan fingerprint density at radius 2 is 1.63 bits per heavy atom. The van der Waals surface area contributed by atoms with Gasteiger partial charge in [0.2, 0.25) is 0 Å². The number of nitrogens with zero attached hydrogens (tertiary/aromatic N) is 2. The van der Waals surface area contributed by atoms with Crippen LogP contribution in [0.15, 0.2) is 42.5 Å². The molecule has 2 aliphatic carbocycles. The number of allylic oxidation sites excluding steroid dienone is 4. The zero-order valence-corrected chi connectivity index (χ0v) is 27.2. The average molecular weight is 570 g/mol. The molecular weight excluding hydrogens is 523 g/mol. The molecule has 1 aliphatic heterocycles. The van der Waals surface area contributed by atoms with Gasteiger partial charge in [0.05, 0.1) is 0 Å². The van der Waals surface area contributed by atoms with E-state index < -0.39 is 25.3 Å². The molecule has 35 heavy (non-hydrogen) atoms. The molecule has 3 aliphatic rings. The molecule has 196 valence electrons. The number of hydrogen-bond donors (Lipinski definition) is 0. The van der Waals surface area contributed by atoms with E-state index in [-0.39, 0.29) is 12.8 Å². The predicted molar refractivity (Wildman–Crippen MR) is 156 cm³/mol. The molecule has 2 nitrogen and oxygen atoms in total. The monoisotopic (exact) mass is 568 g/mol. The Bertz CT molecular complexity index is 854. The Kier molecular flexibility index (Phi) is 11.9. The van der Waals surface area contributed by atoms with Crippen LogP contribution in [0.1, 0.15) is 52.2 Å². The van der Waals surface area contributed by atoms with E-state index in [0.717, 1.165) is 30.5 Å². The van der Waals surface area contributed by atoms with E-state index in [1.54, 1.807) is 5.57 Å². The van der Waals surface area contributed by atoms with Gasteiger partial charge in [-0.2, -0.15) is 0 Å². The summed E-state index contributed by atoms with van der Waals surface area (Å²) in [5.41, 5.74) is 5.48. The van der Waals surface area contributed by atoms with Crippen molar-refractivity contribution in [2.75, 3.05) is 26.2 Å². The van der Waals surface area contributed by atoms with E-state index in [4.69, 9.17) is 18.6 Å². The molecule has 0 spiro atoms. The number of piperazine rings is 1. The number of benzene rings is 1. The van der Waals surface area contributed by atoms with Crippen LogP contribution in [-0.2, 0) is 22.4 Å². The van der Waals surface area contributed by atoms with Gasteiger partial charge in [-0.25, -0.2) is 0 Å². The molecular formula is C29H46Cl2N2SiTi-2. The molecule has 4 unspecified atom stereocenters. The van der Waals surface area contributed by atoms with Crippen LogP contribution in [-0.4, -0.2) is 39.0 Å². The summed E-state index contributed by atoms with van der Waals surface area (Å²) in [6.07, 6.45) is 8.72. The topological polar surface area (TPSA) is 17.3 Å². The Morgan fingerprint density at radius 1 is 1.06 bits per heavy atom. The molecule has 2 fully saturated rings. The zero-order chi connectivity index (χ0) is 25.1. The average Bonchev–Trinajstić information content (AvgIpc) is 3.21. The second-order valence-electron chi connectivity index (χ2n) is 12.1. The molecule has 4 atom stereocenters. The quantitative estimate of drug-likeness (QED) is 0.261. The fraction of sp³-hybridized carbons (Fsp3) is 0.621. The van der Waals surface area contributed by atoms with Gasteiger partial charge < -0.3 is 17.3 Å². The summed E-state index contributed by atoms with van der Waals surface area (Å²) in [5, 5.41) is 4.64. The molecule has 0 radical (unpaired) electrons. The Morgan fingerprint density at radius 3 is 2.14 bits per heavy atom. The molecule has 1 heterocycles. The van der Waals surface area contributed by atoms with E-state index in [9.17, 15) is 0 Å². The van der Waals surface area contributed by atoms with Gasteiger partial charge in [0.15, 0.2) is 0 Å². The summed E-state index contributed by atoms with van der Waals surface area (Å²) in [6, 6.07) is 9.47. The van der Waals surface area contributed by atoms with Gasteiger partial charge >= 0.3 is 35.6 Å². The molecule has 1 saturated heterocycles. The maximum atomic E-state index is 4.89. The van der Waals surface area contributed by atoms with Crippen LogP contribution in [0.4, 0.5) is 0 Å². The first kappa shape index (κ1) is 31.3. The number of hydrogen-bond acceptors (Lipinski definition) is 1. The molecule has 0 bridgehead atoms. The van der Waals surface area contributed by atoms with E-state index in [0.29, 0.717) is 11.8 Å². The predicted octanol–water partition coefficient (Wildman–Crippen LogP) is 8.94. The first-order valence-electron chi connectivity index (χ1n) is 12.9. The van der Waals surface area contributed by atoms with Gasteiger partial charge in [-0.15, -0.1) is 13.1 Å². The first-order valence-corrected chi connectivity index (χ1v) is 20.2. The van der Waals surface area contributed by atoms with E-state index in [1.807, 2.05) is 0 Å². The van der Waals surface area contributed by atoms with Crippen molar-refractivity contribution in [3.63, 3.8) is 0 Å². The van der Waals surface area contributed by atoms with Gasteiger partial charge in [-0.05, 0) is 70.8 Å². The Balaban J connectivity index is 0.00000103. The van der Waals surface area contributed by atoms with Crippen LogP contribution in [0, 0.1) is 31.1 Å². The zero-order valence-electron chi connectivity index (χ0n) is 23.1. The van der Waals surface area contributed by atoms with Crippen LogP contribution in [0.3, 0.4) is 0 Å². The van der Waals surface area contributed by atoms with Crippen LogP contribution >= 0.6 is 18.6 Å². The maximum absolute atomic E-state index is 4.89. The molecule has 4 rings (SSSR count). The Labute approximate surface area is 234 Å². The summed E-state index contributed by atoms with van der Waals surface area (Å²) >= 11 is -0.556. The van der Waals surface area contributed by atoms with E-state index in [1.165, 1.54) is 30.6 Å². The van der Waals surface area contributed by atoms with Crippen molar-refractivity contribution < 1.29 is 17.0 Å². The molecule has 6 heteroatoms. The van der Waals surface area contributed by atoms with Crippen molar-refractivity contribution in [1.29, 1.82) is 0 Å². The molecule has 1 saturated carbocycles. The van der Waals surface area contributed by atoms with Crippen molar-refractivity contribution >= 4 is 32.4 Å². The molecule has 0 aromatic heterocycles. The van der Waals surface area contributed by atoms with Gasteiger partial charge in [0, 0.05) is 0 Å². The van der Waals surface area contributed by atoms with E-state index >= 15 is 0 Å². The summed E-state index contributed by atoms with van der Waals surface area (Å²) in [7, 11) is 8.20. The minimum atomic E-state index is -1.57. The number of fused-ring (bicyclic) bond motifs is 1. The summed E-state index contributed by atoms with van der Waals surface area (Å²) in [5.74, 6) is 2.92. The van der Waals surface area contributed by atoms with Crippen LogP contribution < -0.4 is 0 Å². The van der Waals surface area contributed by atoms with Crippen LogP contribution in [0.25, 0.3) is 10.9 Å². The van der Waals surface area contributed by atoms with Crippen molar-refractivity contribution in [2.45, 2.75) is 65.1 Å². The van der Waals surface area contributed by atoms with Crippen molar-refractivity contribution in [3.05, 3.63) is 66.4 Å². The van der Waals surface area contributed by atoms with Gasteiger partial charge in [-0.1, -0.05) is 90.2 Å².